The third kappa shape index (κ3) is 3.95. The summed E-state index contributed by atoms with van der Waals surface area (Å²) in [4.78, 5) is 22.4. The van der Waals surface area contributed by atoms with E-state index in [1.807, 2.05) is 50.6 Å². The van der Waals surface area contributed by atoms with Crippen LogP contribution in [-0.2, 0) is 20.0 Å². The molecular formula is C24H26N6O. The zero-order valence-electron chi connectivity index (χ0n) is 17.9. The molecule has 0 atom stereocenters. The van der Waals surface area contributed by atoms with Crippen LogP contribution in [0.25, 0.3) is 11.0 Å². The first-order valence-corrected chi connectivity index (χ1v) is 10.8. The minimum absolute atomic E-state index is 0.0773. The van der Waals surface area contributed by atoms with E-state index in [1.54, 1.807) is 4.68 Å². The molecule has 4 aromatic rings. The Morgan fingerprint density at radius 1 is 1.23 bits per heavy atom. The van der Waals surface area contributed by atoms with E-state index in [0.717, 1.165) is 47.6 Å². The SMILES string of the molecule is Cc1nn(C)c2nc(C3CC3)cc(C(=O)NCCc3nccn3Cc3ccccc3)c12. The first-order valence-electron chi connectivity index (χ1n) is 10.8. The number of fused-ring (bicyclic) bond motifs is 1. The molecular weight excluding hydrogens is 388 g/mol. The first-order chi connectivity index (χ1) is 15.1. The molecule has 7 nitrogen and oxygen atoms in total. The minimum atomic E-state index is -0.0773. The Labute approximate surface area is 181 Å². The number of pyridine rings is 1. The summed E-state index contributed by atoms with van der Waals surface area (Å²) in [5.74, 6) is 1.35. The normalized spacial score (nSPS) is 13.6. The molecule has 7 heteroatoms. The molecule has 1 saturated carbocycles. The Hall–Kier alpha value is -3.48. The van der Waals surface area contributed by atoms with Gasteiger partial charge in [0.2, 0.25) is 0 Å². The van der Waals surface area contributed by atoms with Crippen LogP contribution in [0.1, 0.15) is 51.9 Å². The minimum Gasteiger partial charge on any atom is -0.352 e. The van der Waals surface area contributed by atoms with Gasteiger partial charge in [0, 0.05) is 50.6 Å². The molecule has 1 N–H and O–H groups in total. The number of hydrogen-bond donors (Lipinski definition) is 1. The van der Waals surface area contributed by atoms with Crippen molar-refractivity contribution >= 4 is 16.9 Å². The molecule has 1 amide bonds. The Bertz CT molecular complexity index is 1240. The molecule has 0 unspecified atom stereocenters. The molecule has 5 rings (SSSR count). The molecule has 1 fully saturated rings. The number of nitrogens with zero attached hydrogens (tertiary/aromatic N) is 5. The van der Waals surface area contributed by atoms with E-state index >= 15 is 0 Å². The van der Waals surface area contributed by atoms with Gasteiger partial charge >= 0.3 is 0 Å². The number of nitrogens with one attached hydrogen (secondary N) is 1. The molecule has 0 saturated heterocycles. The maximum absolute atomic E-state index is 13.1. The lowest BCUT2D eigenvalue weighted by Gasteiger charge is -2.10. The van der Waals surface area contributed by atoms with Crippen LogP contribution in [0.5, 0.6) is 0 Å². The number of imidazole rings is 1. The maximum Gasteiger partial charge on any atom is 0.252 e. The van der Waals surface area contributed by atoms with Crippen LogP contribution >= 0.6 is 0 Å². The number of benzene rings is 1. The van der Waals surface area contributed by atoms with Crippen molar-refractivity contribution in [1.82, 2.24) is 29.6 Å². The summed E-state index contributed by atoms with van der Waals surface area (Å²) in [5, 5.41) is 8.42. The standard InChI is InChI=1S/C24H26N6O/c1-16-22-19(14-20(18-8-9-18)27-23(22)29(2)28-16)24(31)26-11-10-21-25-12-13-30(21)15-17-6-4-3-5-7-17/h3-7,12-14,18H,8-11,15H2,1-2H3,(H,26,31). The maximum atomic E-state index is 13.1. The second-order valence-electron chi connectivity index (χ2n) is 8.24. The number of hydrogen-bond acceptors (Lipinski definition) is 4. The zero-order chi connectivity index (χ0) is 21.4. The van der Waals surface area contributed by atoms with Gasteiger partial charge in [0.25, 0.3) is 5.91 Å². The Morgan fingerprint density at radius 2 is 2.03 bits per heavy atom. The molecule has 1 aliphatic carbocycles. The van der Waals surface area contributed by atoms with Crippen molar-refractivity contribution in [3.8, 4) is 0 Å². The molecule has 0 aliphatic heterocycles. The Balaban J connectivity index is 1.31. The summed E-state index contributed by atoms with van der Waals surface area (Å²) in [6.07, 6.45) is 6.74. The highest BCUT2D eigenvalue weighted by atomic mass is 16.1. The number of rotatable bonds is 7. The van der Waals surface area contributed by atoms with Gasteiger partial charge in [-0.1, -0.05) is 30.3 Å². The van der Waals surface area contributed by atoms with Crippen LogP contribution in [0.4, 0.5) is 0 Å². The van der Waals surface area contributed by atoms with Crippen molar-refractivity contribution in [2.45, 2.75) is 38.6 Å². The summed E-state index contributed by atoms with van der Waals surface area (Å²) >= 11 is 0. The zero-order valence-corrected chi connectivity index (χ0v) is 17.9. The van der Waals surface area contributed by atoms with E-state index in [2.05, 4.69) is 32.1 Å². The van der Waals surface area contributed by atoms with E-state index < -0.39 is 0 Å². The fraction of sp³-hybridized carbons (Fsp3) is 0.333. The lowest BCUT2D eigenvalue weighted by atomic mass is 10.1. The van der Waals surface area contributed by atoms with Gasteiger partial charge in [-0.3, -0.25) is 9.48 Å². The van der Waals surface area contributed by atoms with Crippen LogP contribution in [-0.4, -0.2) is 36.8 Å². The Kier molecular flexibility index (Phi) is 5.02. The monoisotopic (exact) mass is 414 g/mol. The number of aryl methyl sites for hydroxylation is 2. The van der Waals surface area contributed by atoms with E-state index in [4.69, 9.17) is 4.98 Å². The van der Waals surface area contributed by atoms with E-state index in [-0.39, 0.29) is 5.91 Å². The number of amides is 1. The molecule has 0 spiro atoms. The third-order valence-electron chi connectivity index (χ3n) is 5.86. The highest BCUT2D eigenvalue weighted by molar-refractivity contribution is 6.06. The van der Waals surface area contributed by atoms with Gasteiger partial charge in [-0.2, -0.15) is 5.10 Å². The van der Waals surface area contributed by atoms with Crippen LogP contribution in [0.2, 0.25) is 0 Å². The molecule has 0 bridgehead atoms. The lowest BCUT2D eigenvalue weighted by molar-refractivity contribution is 0.0955. The van der Waals surface area contributed by atoms with Crippen LogP contribution in [0.3, 0.4) is 0 Å². The summed E-state index contributed by atoms with van der Waals surface area (Å²) in [5.41, 5.74) is 4.51. The molecule has 158 valence electrons. The molecule has 3 aromatic heterocycles. The van der Waals surface area contributed by atoms with Crippen LogP contribution in [0, 0.1) is 6.92 Å². The predicted octanol–water partition coefficient (Wildman–Crippen LogP) is 3.37. The van der Waals surface area contributed by atoms with Gasteiger partial charge in [-0.25, -0.2) is 9.97 Å². The summed E-state index contributed by atoms with van der Waals surface area (Å²) in [6, 6.07) is 12.3. The van der Waals surface area contributed by atoms with Crippen molar-refractivity contribution in [2.75, 3.05) is 6.54 Å². The quantitative estimate of drug-likeness (QED) is 0.503. The largest absolute Gasteiger partial charge is 0.352 e. The van der Waals surface area contributed by atoms with Crippen molar-refractivity contribution in [3.63, 3.8) is 0 Å². The highest BCUT2D eigenvalue weighted by Gasteiger charge is 2.28. The van der Waals surface area contributed by atoms with Crippen molar-refractivity contribution in [2.24, 2.45) is 7.05 Å². The smallest absolute Gasteiger partial charge is 0.252 e. The van der Waals surface area contributed by atoms with Crippen molar-refractivity contribution in [1.29, 1.82) is 0 Å². The topological polar surface area (TPSA) is 77.6 Å². The number of carbonyl (C=O) groups is 1. The van der Waals surface area contributed by atoms with Gasteiger partial charge < -0.3 is 9.88 Å². The molecule has 31 heavy (non-hydrogen) atoms. The van der Waals surface area contributed by atoms with Gasteiger partial charge in [0.1, 0.15) is 5.82 Å². The summed E-state index contributed by atoms with van der Waals surface area (Å²) in [6.45, 7) is 3.22. The average molecular weight is 415 g/mol. The second-order valence-corrected chi connectivity index (χ2v) is 8.24. The van der Waals surface area contributed by atoms with Gasteiger partial charge in [-0.15, -0.1) is 0 Å². The molecule has 1 aliphatic rings. The van der Waals surface area contributed by atoms with E-state index in [9.17, 15) is 4.79 Å². The fourth-order valence-electron chi connectivity index (χ4n) is 4.11. The third-order valence-corrected chi connectivity index (χ3v) is 5.86. The van der Waals surface area contributed by atoms with E-state index in [0.29, 0.717) is 24.4 Å². The summed E-state index contributed by atoms with van der Waals surface area (Å²) in [7, 11) is 1.88. The average Bonchev–Trinajstić information content (AvgIpc) is 3.48. The van der Waals surface area contributed by atoms with Crippen LogP contribution < -0.4 is 5.32 Å². The van der Waals surface area contributed by atoms with Crippen LogP contribution in [0.15, 0.2) is 48.8 Å². The molecule has 3 heterocycles. The molecule has 0 radical (unpaired) electrons. The van der Waals surface area contributed by atoms with Gasteiger partial charge in [-0.05, 0) is 31.4 Å². The van der Waals surface area contributed by atoms with Gasteiger partial charge in [0.05, 0.1) is 16.6 Å². The fourth-order valence-corrected chi connectivity index (χ4v) is 4.11. The number of carbonyl (C=O) groups excluding carboxylic acids is 1. The molecule has 1 aromatic carbocycles. The second kappa shape index (κ2) is 7.98. The lowest BCUT2D eigenvalue weighted by Crippen LogP contribution is -2.27. The van der Waals surface area contributed by atoms with Gasteiger partial charge in [0.15, 0.2) is 5.65 Å². The van der Waals surface area contributed by atoms with Crippen molar-refractivity contribution in [3.05, 3.63) is 77.1 Å². The van der Waals surface area contributed by atoms with Crippen molar-refractivity contribution < 1.29 is 4.79 Å². The summed E-state index contributed by atoms with van der Waals surface area (Å²) < 4.78 is 3.90. The first kappa shape index (κ1) is 19.5. The van der Waals surface area contributed by atoms with E-state index in [1.165, 1.54) is 5.56 Å². The highest BCUT2D eigenvalue weighted by Crippen LogP contribution is 2.40. The predicted molar refractivity (Wildman–Crippen MR) is 119 cm³/mol. The Morgan fingerprint density at radius 3 is 2.81 bits per heavy atom. The number of aromatic nitrogens is 5.